The van der Waals surface area contributed by atoms with E-state index in [2.05, 4.69) is 63.3 Å². The van der Waals surface area contributed by atoms with Crippen molar-refractivity contribution in [2.24, 2.45) is 0 Å². The molecule has 0 aliphatic rings. The van der Waals surface area contributed by atoms with Crippen LogP contribution < -0.4 is 10.1 Å². The minimum absolute atomic E-state index is 0.0286. The average molecular weight is 264 g/mol. The second-order valence-electron chi connectivity index (χ2n) is 5.54. The molecular formula is C16H28N2O. The van der Waals surface area contributed by atoms with E-state index in [-0.39, 0.29) is 11.6 Å². The summed E-state index contributed by atoms with van der Waals surface area (Å²) >= 11 is 0. The van der Waals surface area contributed by atoms with Crippen LogP contribution in [-0.4, -0.2) is 37.7 Å². The van der Waals surface area contributed by atoms with Crippen molar-refractivity contribution >= 4 is 0 Å². The van der Waals surface area contributed by atoms with Crippen molar-refractivity contribution in [3.05, 3.63) is 29.8 Å². The SMILES string of the molecule is CCNC(c1cccc(OCC)c1)C(C)(C)N(C)C. The molecule has 0 aliphatic heterocycles. The van der Waals surface area contributed by atoms with Gasteiger partial charge in [0.25, 0.3) is 0 Å². The smallest absolute Gasteiger partial charge is 0.119 e. The third kappa shape index (κ3) is 3.95. The third-order valence-electron chi connectivity index (χ3n) is 3.77. The van der Waals surface area contributed by atoms with E-state index in [0.29, 0.717) is 6.61 Å². The first kappa shape index (κ1) is 16.0. The molecule has 19 heavy (non-hydrogen) atoms. The molecule has 0 fully saturated rings. The molecule has 0 radical (unpaired) electrons. The second kappa shape index (κ2) is 6.92. The number of nitrogens with zero attached hydrogens (tertiary/aromatic N) is 1. The van der Waals surface area contributed by atoms with Gasteiger partial charge in [-0.1, -0.05) is 19.1 Å². The summed E-state index contributed by atoms with van der Waals surface area (Å²) in [5, 5.41) is 3.59. The Bertz CT molecular complexity index is 388. The summed E-state index contributed by atoms with van der Waals surface area (Å²) in [6, 6.07) is 8.66. The highest BCUT2D eigenvalue weighted by Gasteiger charge is 2.32. The Labute approximate surface area is 118 Å². The van der Waals surface area contributed by atoms with Gasteiger partial charge >= 0.3 is 0 Å². The van der Waals surface area contributed by atoms with E-state index >= 15 is 0 Å². The van der Waals surface area contributed by atoms with Gasteiger partial charge in [0.1, 0.15) is 5.75 Å². The Hall–Kier alpha value is -1.06. The van der Waals surface area contributed by atoms with Gasteiger partial charge in [-0.15, -0.1) is 0 Å². The van der Waals surface area contributed by atoms with Crippen LogP contribution >= 0.6 is 0 Å². The van der Waals surface area contributed by atoms with Gasteiger partial charge in [-0.25, -0.2) is 0 Å². The number of hydrogen-bond donors (Lipinski definition) is 1. The van der Waals surface area contributed by atoms with Gasteiger partial charge < -0.3 is 15.0 Å². The molecule has 3 nitrogen and oxygen atoms in total. The van der Waals surface area contributed by atoms with Crippen molar-refractivity contribution < 1.29 is 4.74 Å². The van der Waals surface area contributed by atoms with Crippen molar-refractivity contribution in [3.8, 4) is 5.75 Å². The topological polar surface area (TPSA) is 24.5 Å². The lowest BCUT2D eigenvalue weighted by molar-refractivity contribution is 0.139. The zero-order valence-corrected chi connectivity index (χ0v) is 13.2. The maximum atomic E-state index is 5.61. The predicted molar refractivity (Wildman–Crippen MR) is 81.8 cm³/mol. The molecule has 0 aliphatic carbocycles. The van der Waals surface area contributed by atoms with Crippen LogP contribution in [0.2, 0.25) is 0 Å². The molecule has 0 aromatic heterocycles. The first-order valence-electron chi connectivity index (χ1n) is 7.07. The lowest BCUT2D eigenvalue weighted by atomic mass is 9.87. The summed E-state index contributed by atoms with van der Waals surface area (Å²) in [5.74, 6) is 0.942. The molecular weight excluding hydrogens is 236 g/mol. The zero-order chi connectivity index (χ0) is 14.5. The predicted octanol–water partition coefficient (Wildman–Crippen LogP) is 3.08. The van der Waals surface area contributed by atoms with Crippen LogP contribution in [0.5, 0.6) is 5.75 Å². The summed E-state index contributed by atoms with van der Waals surface area (Å²) in [7, 11) is 4.24. The van der Waals surface area contributed by atoms with Crippen molar-refractivity contribution in [2.45, 2.75) is 39.3 Å². The van der Waals surface area contributed by atoms with Crippen LogP contribution in [0.15, 0.2) is 24.3 Å². The van der Waals surface area contributed by atoms with E-state index in [1.54, 1.807) is 0 Å². The highest BCUT2D eigenvalue weighted by atomic mass is 16.5. The van der Waals surface area contributed by atoms with Gasteiger partial charge in [0.15, 0.2) is 0 Å². The fourth-order valence-electron chi connectivity index (χ4n) is 2.19. The van der Waals surface area contributed by atoms with Gasteiger partial charge in [0.2, 0.25) is 0 Å². The molecule has 0 amide bonds. The summed E-state index contributed by atoms with van der Waals surface area (Å²) in [6.45, 7) is 10.3. The maximum Gasteiger partial charge on any atom is 0.119 e. The Morgan fingerprint density at radius 2 is 1.95 bits per heavy atom. The highest BCUT2D eigenvalue weighted by molar-refractivity contribution is 5.32. The van der Waals surface area contributed by atoms with Crippen LogP contribution in [0.4, 0.5) is 0 Å². The van der Waals surface area contributed by atoms with Gasteiger partial charge in [0.05, 0.1) is 12.6 Å². The Balaban J connectivity index is 3.08. The molecule has 108 valence electrons. The fraction of sp³-hybridized carbons (Fsp3) is 0.625. The van der Waals surface area contributed by atoms with Gasteiger partial charge in [-0.2, -0.15) is 0 Å². The van der Waals surface area contributed by atoms with Crippen molar-refractivity contribution in [1.82, 2.24) is 10.2 Å². The summed E-state index contributed by atoms with van der Waals surface area (Å²) in [4.78, 5) is 2.26. The molecule has 1 N–H and O–H groups in total. The summed E-state index contributed by atoms with van der Waals surface area (Å²) in [6.07, 6.45) is 0. The Morgan fingerprint density at radius 1 is 1.26 bits per heavy atom. The van der Waals surface area contributed by atoms with Crippen LogP contribution in [0.25, 0.3) is 0 Å². The average Bonchev–Trinajstić information content (AvgIpc) is 2.36. The third-order valence-corrected chi connectivity index (χ3v) is 3.77. The number of benzene rings is 1. The maximum absolute atomic E-state index is 5.61. The van der Waals surface area contributed by atoms with Gasteiger partial charge in [-0.05, 0) is 59.1 Å². The molecule has 1 rings (SSSR count). The van der Waals surface area contributed by atoms with Crippen LogP contribution in [0.3, 0.4) is 0 Å². The van der Waals surface area contributed by atoms with E-state index in [1.807, 2.05) is 13.0 Å². The standard InChI is InChI=1S/C16H28N2O/c1-7-17-15(16(3,4)18(5)6)13-10-9-11-14(12-13)19-8-2/h9-12,15,17H,7-8H2,1-6H3. The molecule has 1 aromatic carbocycles. The van der Waals surface area contributed by atoms with E-state index in [0.717, 1.165) is 12.3 Å². The molecule has 1 atom stereocenters. The van der Waals surface area contributed by atoms with E-state index in [1.165, 1.54) is 5.56 Å². The van der Waals surface area contributed by atoms with E-state index < -0.39 is 0 Å². The molecule has 0 spiro atoms. The zero-order valence-electron chi connectivity index (χ0n) is 13.2. The lowest BCUT2D eigenvalue weighted by Crippen LogP contribution is -2.49. The molecule has 0 heterocycles. The van der Waals surface area contributed by atoms with Gasteiger partial charge in [0, 0.05) is 5.54 Å². The molecule has 0 saturated carbocycles. The number of likely N-dealkylation sites (N-methyl/N-ethyl adjacent to an activating group) is 2. The first-order valence-corrected chi connectivity index (χ1v) is 7.07. The summed E-state index contributed by atoms with van der Waals surface area (Å²) in [5.41, 5.74) is 1.30. The monoisotopic (exact) mass is 264 g/mol. The minimum Gasteiger partial charge on any atom is -0.494 e. The van der Waals surface area contributed by atoms with Crippen molar-refractivity contribution in [3.63, 3.8) is 0 Å². The second-order valence-corrected chi connectivity index (χ2v) is 5.54. The largest absolute Gasteiger partial charge is 0.494 e. The molecule has 1 aromatic rings. The number of nitrogens with one attached hydrogen (secondary N) is 1. The lowest BCUT2D eigenvalue weighted by Gasteiger charge is -2.41. The van der Waals surface area contributed by atoms with Gasteiger partial charge in [-0.3, -0.25) is 0 Å². The number of rotatable bonds is 7. The Kier molecular flexibility index (Phi) is 5.83. The normalized spacial score (nSPS) is 13.6. The molecule has 0 saturated heterocycles. The fourth-order valence-corrected chi connectivity index (χ4v) is 2.19. The summed E-state index contributed by atoms with van der Waals surface area (Å²) < 4.78 is 5.61. The molecule has 0 bridgehead atoms. The van der Waals surface area contributed by atoms with Crippen molar-refractivity contribution in [2.75, 3.05) is 27.2 Å². The van der Waals surface area contributed by atoms with Crippen LogP contribution in [-0.2, 0) is 0 Å². The number of hydrogen-bond acceptors (Lipinski definition) is 3. The van der Waals surface area contributed by atoms with E-state index in [4.69, 9.17) is 4.74 Å². The Morgan fingerprint density at radius 3 is 2.47 bits per heavy atom. The molecule has 3 heteroatoms. The molecule has 1 unspecified atom stereocenters. The minimum atomic E-state index is 0.0286. The quantitative estimate of drug-likeness (QED) is 0.819. The highest BCUT2D eigenvalue weighted by Crippen LogP contribution is 2.31. The van der Waals surface area contributed by atoms with E-state index in [9.17, 15) is 0 Å². The first-order chi connectivity index (χ1) is 8.93. The number of ether oxygens (including phenoxy) is 1. The van der Waals surface area contributed by atoms with Crippen LogP contribution in [0, 0.1) is 0 Å². The van der Waals surface area contributed by atoms with Crippen molar-refractivity contribution in [1.29, 1.82) is 0 Å². The van der Waals surface area contributed by atoms with Crippen LogP contribution in [0.1, 0.15) is 39.3 Å².